The van der Waals surface area contributed by atoms with Crippen LogP contribution in [0.5, 0.6) is 0 Å². The Morgan fingerprint density at radius 3 is 1.48 bits per heavy atom. The van der Waals surface area contributed by atoms with E-state index < -0.39 is 0 Å². The Balaban J connectivity index is 3.54. The molecule has 0 amide bonds. The molecule has 0 heterocycles. The molecule has 0 saturated carbocycles. The Morgan fingerprint density at radius 2 is 1.08 bits per heavy atom. The van der Waals surface area contributed by atoms with Gasteiger partial charge in [-0.15, -0.1) is 0 Å². The molecule has 2 nitrogen and oxygen atoms in total. The van der Waals surface area contributed by atoms with Crippen molar-refractivity contribution in [1.82, 2.24) is 0 Å². The number of esters is 1. The quantitative estimate of drug-likeness (QED) is 0.270. The van der Waals surface area contributed by atoms with Crippen LogP contribution in [0.3, 0.4) is 0 Å². The van der Waals surface area contributed by atoms with Crippen molar-refractivity contribution in [2.24, 2.45) is 23.7 Å². The lowest BCUT2D eigenvalue weighted by Gasteiger charge is -2.16. The summed E-state index contributed by atoms with van der Waals surface area (Å²) in [6.07, 6.45) is 13.8. The molecule has 0 saturated heterocycles. The van der Waals surface area contributed by atoms with Gasteiger partial charge in [0.1, 0.15) is 0 Å². The second-order valence-corrected chi connectivity index (χ2v) is 8.86. The second-order valence-electron chi connectivity index (χ2n) is 8.86. The van der Waals surface area contributed by atoms with E-state index in [1.807, 2.05) is 6.92 Å². The minimum Gasteiger partial charge on any atom is -0.466 e. The lowest BCUT2D eigenvalue weighted by atomic mass is 9.91. The topological polar surface area (TPSA) is 26.3 Å². The summed E-state index contributed by atoms with van der Waals surface area (Å²) in [6.45, 7) is 14.2. The predicted molar refractivity (Wildman–Crippen MR) is 110 cm³/mol. The molecule has 0 fully saturated rings. The summed E-state index contributed by atoms with van der Waals surface area (Å²) >= 11 is 0. The van der Waals surface area contributed by atoms with Crippen molar-refractivity contribution >= 4 is 5.97 Å². The van der Waals surface area contributed by atoms with Crippen molar-refractivity contribution in [3.63, 3.8) is 0 Å². The molecule has 0 aromatic rings. The van der Waals surface area contributed by atoms with Crippen LogP contribution in [0.15, 0.2) is 0 Å². The molecule has 150 valence electrons. The molecule has 0 bridgehead atoms. The lowest BCUT2D eigenvalue weighted by molar-refractivity contribution is -0.143. The SMILES string of the molecule is CCC(=O)OCCC(C)CCC[C@H](C)CCC[C@H](C)CCCC(C)C. The van der Waals surface area contributed by atoms with Gasteiger partial charge in [0.05, 0.1) is 6.61 Å². The van der Waals surface area contributed by atoms with E-state index in [4.69, 9.17) is 4.74 Å². The van der Waals surface area contributed by atoms with Crippen molar-refractivity contribution in [1.29, 1.82) is 0 Å². The Bertz CT molecular complexity index is 311. The minimum absolute atomic E-state index is 0.0701. The van der Waals surface area contributed by atoms with E-state index in [1.165, 1.54) is 57.8 Å². The average molecular weight is 355 g/mol. The zero-order chi connectivity index (χ0) is 19.1. The summed E-state index contributed by atoms with van der Waals surface area (Å²) in [4.78, 5) is 11.1. The Morgan fingerprint density at radius 1 is 0.680 bits per heavy atom. The van der Waals surface area contributed by atoms with Gasteiger partial charge in [0.15, 0.2) is 0 Å². The van der Waals surface area contributed by atoms with E-state index in [9.17, 15) is 4.79 Å². The fraction of sp³-hybridized carbons (Fsp3) is 0.957. The molecular weight excluding hydrogens is 308 g/mol. The van der Waals surface area contributed by atoms with Crippen LogP contribution in [-0.4, -0.2) is 12.6 Å². The third-order valence-corrected chi connectivity index (χ3v) is 5.43. The van der Waals surface area contributed by atoms with E-state index in [-0.39, 0.29) is 5.97 Å². The van der Waals surface area contributed by atoms with Crippen LogP contribution in [0.4, 0.5) is 0 Å². The smallest absolute Gasteiger partial charge is 0.305 e. The molecule has 0 N–H and O–H groups in total. The monoisotopic (exact) mass is 354 g/mol. The maximum atomic E-state index is 11.1. The van der Waals surface area contributed by atoms with Crippen molar-refractivity contribution in [2.75, 3.05) is 6.61 Å². The fourth-order valence-electron chi connectivity index (χ4n) is 3.41. The summed E-state index contributed by atoms with van der Waals surface area (Å²) in [7, 11) is 0. The first-order chi connectivity index (χ1) is 11.8. The van der Waals surface area contributed by atoms with Crippen LogP contribution in [0.25, 0.3) is 0 Å². The fourth-order valence-corrected chi connectivity index (χ4v) is 3.41. The molecule has 0 aromatic heterocycles. The number of ether oxygens (including phenoxy) is 1. The highest BCUT2D eigenvalue weighted by Gasteiger charge is 2.08. The molecule has 0 rings (SSSR count). The molecule has 0 aromatic carbocycles. The van der Waals surface area contributed by atoms with Crippen LogP contribution in [0.2, 0.25) is 0 Å². The number of hydrogen-bond donors (Lipinski definition) is 0. The van der Waals surface area contributed by atoms with E-state index in [0.717, 1.165) is 24.2 Å². The number of hydrogen-bond acceptors (Lipinski definition) is 2. The highest BCUT2D eigenvalue weighted by molar-refractivity contribution is 5.68. The van der Waals surface area contributed by atoms with Gasteiger partial charge in [0, 0.05) is 6.42 Å². The zero-order valence-corrected chi connectivity index (χ0v) is 18.1. The predicted octanol–water partition coefficient (Wildman–Crippen LogP) is 7.40. The second kappa shape index (κ2) is 15.7. The summed E-state index contributed by atoms with van der Waals surface area (Å²) in [5.41, 5.74) is 0. The Hall–Kier alpha value is -0.530. The van der Waals surface area contributed by atoms with Crippen molar-refractivity contribution < 1.29 is 9.53 Å². The van der Waals surface area contributed by atoms with Crippen molar-refractivity contribution in [3.05, 3.63) is 0 Å². The van der Waals surface area contributed by atoms with Crippen molar-refractivity contribution in [3.8, 4) is 0 Å². The van der Waals surface area contributed by atoms with Gasteiger partial charge < -0.3 is 4.74 Å². The maximum absolute atomic E-state index is 11.1. The zero-order valence-electron chi connectivity index (χ0n) is 18.1. The van der Waals surface area contributed by atoms with Crippen LogP contribution in [0, 0.1) is 23.7 Å². The van der Waals surface area contributed by atoms with Gasteiger partial charge in [-0.05, 0) is 30.1 Å². The molecular formula is C23H46O2. The minimum atomic E-state index is -0.0701. The van der Waals surface area contributed by atoms with Gasteiger partial charge >= 0.3 is 5.97 Å². The number of carbonyl (C=O) groups excluding carboxylic acids is 1. The van der Waals surface area contributed by atoms with E-state index in [2.05, 4.69) is 34.6 Å². The largest absolute Gasteiger partial charge is 0.466 e. The average Bonchev–Trinajstić information content (AvgIpc) is 2.54. The first kappa shape index (κ1) is 24.5. The van der Waals surface area contributed by atoms with Gasteiger partial charge in [-0.1, -0.05) is 99.3 Å². The molecule has 0 aliphatic rings. The summed E-state index contributed by atoms with van der Waals surface area (Å²) in [6, 6.07) is 0. The van der Waals surface area contributed by atoms with Gasteiger partial charge in [0.2, 0.25) is 0 Å². The first-order valence-corrected chi connectivity index (χ1v) is 11.0. The maximum Gasteiger partial charge on any atom is 0.305 e. The highest BCUT2D eigenvalue weighted by atomic mass is 16.5. The molecule has 0 aliphatic carbocycles. The van der Waals surface area contributed by atoms with Crippen LogP contribution >= 0.6 is 0 Å². The van der Waals surface area contributed by atoms with Gasteiger partial charge in [0.25, 0.3) is 0 Å². The van der Waals surface area contributed by atoms with E-state index in [0.29, 0.717) is 18.9 Å². The molecule has 2 heteroatoms. The molecule has 25 heavy (non-hydrogen) atoms. The Labute approximate surface area is 158 Å². The normalized spacial score (nSPS) is 15.2. The molecule has 1 unspecified atom stereocenters. The summed E-state index contributed by atoms with van der Waals surface area (Å²) < 4.78 is 5.17. The van der Waals surface area contributed by atoms with Crippen LogP contribution in [0.1, 0.15) is 112 Å². The van der Waals surface area contributed by atoms with Crippen molar-refractivity contribution in [2.45, 2.75) is 112 Å². The van der Waals surface area contributed by atoms with Gasteiger partial charge in [-0.2, -0.15) is 0 Å². The number of carbonyl (C=O) groups is 1. The molecule has 0 radical (unpaired) electrons. The Kier molecular flexibility index (Phi) is 15.4. The first-order valence-electron chi connectivity index (χ1n) is 11.0. The van der Waals surface area contributed by atoms with Gasteiger partial charge in [-0.25, -0.2) is 0 Å². The number of rotatable bonds is 16. The lowest BCUT2D eigenvalue weighted by Crippen LogP contribution is -2.08. The third kappa shape index (κ3) is 16.7. The van der Waals surface area contributed by atoms with E-state index >= 15 is 0 Å². The van der Waals surface area contributed by atoms with Crippen LogP contribution < -0.4 is 0 Å². The molecule has 0 spiro atoms. The summed E-state index contributed by atoms with van der Waals surface area (Å²) in [5.74, 6) is 3.20. The standard InChI is InChI=1S/C23H46O2/c1-7-23(24)25-18-17-22(6)16-10-15-21(5)14-9-13-20(4)12-8-11-19(2)3/h19-22H,7-18H2,1-6H3/t20-,21-,22?/m1/s1. The summed E-state index contributed by atoms with van der Waals surface area (Å²) in [5, 5.41) is 0. The highest BCUT2D eigenvalue weighted by Crippen LogP contribution is 2.22. The van der Waals surface area contributed by atoms with Crippen LogP contribution in [-0.2, 0) is 9.53 Å². The molecule has 3 atom stereocenters. The molecule has 0 aliphatic heterocycles. The third-order valence-electron chi connectivity index (χ3n) is 5.43. The van der Waals surface area contributed by atoms with Gasteiger partial charge in [-0.3, -0.25) is 4.79 Å². The van der Waals surface area contributed by atoms with E-state index in [1.54, 1.807) is 0 Å².